The Bertz CT molecular complexity index is 434. The van der Waals surface area contributed by atoms with Gasteiger partial charge in [-0.3, -0.25) is 4.79 Å². The molecule has 0 radical (unpaired) electrons. The molecule has 2 nitrogen and oxygen atoms in total. The fraction of sp³-hybridized carbons (Fsp3) is 0.500. The highest BCUT2D eigenvalue weighted by Gasteiger charge is 2.24. The maximum Gasteiger partial charge on any atom is 0.192 e. The molecular formula is C14H18O2S. The summed E-state index contributed by atoms with van der Waals surface area (Å²) in [5, 5.41) is 0. The van der Waals surface area contributed by atoms with E-state index in [4.69, 9.17) is 4.74 Å². The molecular weight excluding hydrogens is 232 g/mol. The lowest BCUT2D eigenvalue weighted by molar-refractivity contribution is 0.0518. The minimum atomic E-state index is -0.255. The van der Waals surface area contributed by atoms with E-state index in [1.165, 1.54) is 11.1 Å². The number of thioether (sulfide) groups is 1. The van der Waals surface area contributed by atoms with Crippen molar-refractivity contribution in [3.63, 3.8) is 0 Å². The van der Waals surface area contributed by atoms with Crippen molar-refractivity contribution in [3.05, 3.63) is 34.4 Å². The number of rotatable bonds is 2. The van der Waals surface area contributed by atoms with E-state index >= 15 is 0 Å². The fourth-order valence-corrected chi connectivity index (χ4v) is 2.88. The molecule has 3 heteroatoms. The molecule has 0 amide bonds. The summed E-state index contributed by atoms with van der Waals surface area (Å²) in [5.41, 5.74) is 4.28. The summed E-state index contributed by atoms with van der Waals surface area (Å²) < 4.78 is 5.55. The van der Waals surface area contributed by atoms with Crippen LogP contribution >= 0.6 is 11.8 Å². The van der Waals surface area contributed by atoms with Crippen LogP contribution in [0.1, 0.15) is 27.0 Å². The van der Waals surface area contributed by atoms with Gasteiger partial charge in [-0.25, -0.2) is 0 Å². The monoisotopic (exact) mass is 250 g/mol. The molecule has 0 spiro atoms. The lowest BCUT2D eigenvalue weighted by atomic mass is 9.96. The first-order valence-electron chi connectivity index (χ1n) is 5.91. The number of carbonyl (C=O) groups is 1. The highest BCUT2D eigenvalue weighted by Crippen LogP contribution is 2.21. The zero-order valence-corrected chi connectivity index (χ0v) is 11.4. The molecule has 17 heavy (non-hydrogen) atoms. The summed E-state index contributed by atoms with van der Waals surface area (Å²) in [6.07, 6.45) is -0.255. The smallest absolute Gasteiger partial charge is 0.192 e. The topological polar surface area (TPSA) is 26.3 Å². The summed E-state index contributed by atoms with van der Waals surface area (Å²) >= 11 is 1.79. The quantitative estimate of drug-likeness (QED) is 0.755. The number of ketones is 1. The van der Waals surface area contributed by atoms with Crippen molar-refractivity contribution >= 4 is 17.5 Å². The van der Waals surface area contributed by atoms with Gasteiger partial charge in [-0.2, -0.15) is 11.8 Å². The normalized spacial score (nSPS) is 20.3. The molecule has 1 aliphatic rings. The van der Waals surface area contributed by atoms with Gasteiger partial charge in [0, 0.05) is 17.1 Å². The maximum absolute atomic E-state index is 12.3. The van der Waals surface area contributed by atoms with Gasteiger partial charge in [-0.15, -0.1) is 0 Å². The van der Waals surface area contributed by atoms with Crippen LogP contribution < -0.4 is 0 Å². The van der Waals surface area contributed by atoms with Gasteiger partial charge in [-0.1, -0.05) is 6.07 Å². The molecule has 1 saturated heterocycles. The van der Waals surface area contributed by atoms with E-state index in [1.54, 1.807) is 11.8 Å². The minimum absolute atomic E-state index is 0.137. The Morgan fingerprint density at radius 3 is 2.59 bits per heavy atom. The first-order valence-corrected chi connectivity index (χ1v) is 7.06. The third-order valence-electron chi connectivity index (χ3n) is 3.21. The average Bonchev–Trinajstić information content (AvgIpc) is 2.34. The third kappa shape index (κ3) is 2.72. The van der Waals surface area contributed by atoms with Crippen LogP contribution in [0.5, 0.6) is 0 Å². The highest BCUT2D eigenvalue weighted by molar-refractivity contribution is 7.99. The molecule has 2 rings (SSSR count). The predicted octanol–water partition coefficient (Wildman–Crippen LogP) is 2.93. The summed E-state index contributed by atoms with van der Waals surface area (Å²) in [4.78, 5) is 12.3. The maximum atomic E-state index is 12.3. The first kappa shape index (κ1) is 12.7. The highest BCUT2D eigenvalue weighted by atomic mass is 32.2. The second kappa shape index (κ2) is 5.23. The fourth-order valence-electron chi connectivity index (χ4n) is 2.04. The molecule has 1 heterocycles. The first-order chi connectivity index (χ1) is 8.09. The number of benzene rings is 1. The Labute approximate surface area is 107 Å². The molecule has 0 bridgehead atoms. The van der Waals surface area contributed by atoms with E-state index in [-0.39, 0.29) is 11.9 Å². The van der Waals surface area contributed by atoms with E-state index < -0.39 is 0 Å². The van der Waals surface area contributed by atoms with Crippen LogP contribution in [0.4, 0.5) is 0 Å². The zero-order chi connectivity index (χ0) is 12.4. The molecule has 1 aliphatic heterocycles. The molecule has 0 aliphatic carbocycles. The van der Waals surface area contributed by atoms with Crippen molar-refractivity contribution < 1.29 is 9.53 Å². The van der Waals surface area contributed by atoms with Crippen molar-refractivity contribution in [2.75, 3.05) is 18.1 Å². The lowest BCUT2D eigenvalue weighted by Crippen LogP contribution is -2.32. The van der Waals surface area contributed by atoms with E-state index in [0.29, 0.717) is 6.61 Å². The van der Waals surface area contributed by atoms with Crippen LogP contribution in [-0.2, 0) is 4.74 Å². The molecule has 0 N–H and O–H groups in total. The van der Waals surface area contributed by atoms with E-state index in [0.717, 1.165) is 22.6 Å². The van der Waals surface area contributed by atoms with Crippen LogP contribution in [0.15, 0.2) is 12.1 Å². The van der Waals surface area contributed by atoms with Crippen molar-refractivity contribution in [2.24, 2.45) is 0 Å². The summed E-state index contributed by atoms with van der Waals surface area (Å²) in [5.74, 6) is 1.92. The van der Waals surface area contributed by atoms with Crippen molar-refractivity contribution in [1.82, 2.24) is 0 Å². The van der Waals surface area contributed by atoms with Crippen LogP contribution in [0, 0.1) is 20.8 Å². The zero-order valence-electron chi connectivity index (χ0n) is 10.6. The summed E-state index contributed by atoms with van der Waals surface area (Å²) in [6, 6.07) is 4.08. The molecule has 1 fully saturated rings. The number of ether oxygens (including phenoxy) is 1. The standard InChI is InChI=1S/C14H18O2S/c1-9-6-11(3)12(7-10(9)2)14(15)13-8-17-5-4-16-13/h6-7,13H,4-5,8H2,1-3H3. The van der Waals surface area contributed by atoms with Gasteiger partial charge in [0.25, 0.3) is 0 Å². The molecule has 0 aromatic heterocycles. The number of carbonyl (C=O) groups excluding carboxylic acids is 1. The van der Waals surface area contributed by atoms with Gasteiger partial charge < -0.3 is 4.74 Å². The SMILES string of the molecule is Cc1cc(C)c(C(=O)C2CSCCO2)cc1C. The van der Waals surface area contributed by atoms with Gasteiger partial charge in [0.2, 0.25) is 0 Å². The minimum Gasteiger partial charge on any atom is -0.368 e. The second-order valence-corrected chi connectivity index (χ2v) is 5.70. The molecule has 92 valence electrons. The molecule has 1 unspecified atom stereocenters. The van der Waals surface area contributed by atoms with E-state index in [9.17, 15) is 4.79 Å². The molecule has 1 aromatic rings. The summed E-state index contributed by atoms with van der Waals surface area (Å²) in [6.45, 7) is 6.80. The number of hydrogen-bond acceptors (Lipinski definition) is 3. The Morgan fingerprint density at radius 2 is 1.94 bits per heavy atom. The Morgan fingerprint density at radius 1 is 1.24 bits per heavy atom. The second-order valence-electron chi connectivity index (χ2n) is 4.55. The molecule has 1 atom stereocenters. The molecule has 1 aromatic carbocycles. The average molecular weight is 250 g/mol. The van der Waals surface area contributed by atoms with Crippen LogP contribution in [0.25, 0.3) is 0 Å². The summed E-state index contributed by atoms with van der Waals surface area (Å²) in [7, 11) is 0. The number of Topliss-reactive ketones (excluding diaryl/α,β-unsaturated/α-hetero) is 1. The largest absolute Gasteiger partial charge is 0.368 e. The van der Waals surface area contributed by atoms with E-state index in [1.807, 2.05) is 19.9 Å². The predicted molar refractivity (Wildman–Crippen MR) is 72.0 cm³/mol. The molecule has 0 saturated carbocycles. The van der Waals surface area contributed by atoms with Crippen LogP contribution in [-0.4, -0.2) is 30.0 Å². The van der Waals surface area contributed by atoms with Gasteiger partial charge in [0.15, 0.2) is 5.78 Å². The van der Waals surface area contributed by atoms with Crippen LogP contribution in [0.3, 0.4) is 0 Å². The number of hydrogen-bond donors (Lipinski definition) is 0. The van der Waals surface area contributed by atoms with Gasteiger partial charge in [0.1, 0.15) is 6.10 Å². The third-order valence-corrected chi connectivity index (χ3v) is 4.21. The number of aryl methyl sites for hydroxylation is 3. The van der Waals surface area contributed by atoms with Gasteiger partial charge in [-0.05, 0) is 43.5 Å². The Balaban J connectivity index is 2.26. The van der Waals surface area contributed by atoms with Gasteiger partial charge in [0.05, 0.1) is 6.61 Å². The van der Waals surface area contributed by atoms with E-state index in [2.05, 4.69) is 13.0 Å². The Hall–Kier alpha value is -0.800. The van der Waals surface area contributed by atoms with Gasteiger partial charge >= 0.3 is 0 Å². The Kier molecular flexibility index (Phi) is 3.89. The lowest BCUT2D eigenvalue weighted by Gasteiger charge is -2.22. The van der Waals surface area contributed by atoms with Crippen LogP contribution in [0.2, 0.25) is 0 Å². The van der Waals surface area contributed by atoms with Crippen molar-refractivity contribution in [2.45, 2.75) is 26.9 Å². The van der Waals surface area contributed by atoms with Crippen molar-refractivity contribution in [1.29, 1.82) is 0 Å². The van der Waals surface area contributed by atoms with Crippen molar-refractivity contribution in [3.8, 4) is 0 Å².